The Labute approximate surface area is 145 Å². The predicted molar refractivity (Wildman–Crippen MR) is 88.1 cm³/mol. The number of carbonyl (C=O) groups is 3. The predicted octanol–water partition coefficient (Wildman–Crippen LogP) is 0.0736. The highest BCUT2D eigenvalue weighted by atomic mass is 16.5. The van der Waals surface area contributed by atoms with Gasteiger partial charge in [0.15, 0.2) is 18.1 Å². The zero-order chi connectivity index (χ0) is 19.0. The summed E-state index contributed by atoms with van der Waals surface area (Å²) < 4.78 is 20.3. The van der Waals surface area contributed by atoms with Crippen LogP contribution in [-0.4, -0.2) is 71.3 Å². The molecule has 25 heavy (non-hydrogen) atoms. The van der Waals surface area contributed by atoms with E-state index in [1.807, 2.05) is 0 Å². The summed E-state index contributed by atoms with van der Waals surface area (Å²) in [6, 6.07) is 2.87. The van der Waals surface area contributed by atoms with Crippen LogP contribution in [0.2, 0.25) is 0 Å². The van der Waals surface area contributed by atoms with E-state index in [1.165, 1.54) is 38.4 Å². The maximum absolute atomic E-state index is 12.2. The van der Waals surface area contributed by atoms with Crippen LogP contribution in [0.25, 0.3) is 0 Å². The third-order valence-electron chi connectivity index (χ3n) is 3.20. The number of amides is 2. The molecule has 0 unspecified atom stereocenters. The summed E-state index contributed by atoms with van der Waals surface area (Å²) in [6.45, 7) is -0.708. The molecular formula is C16H22N2O7. The van der Waals surface area contributed by atoms with Gasteiger partial charge in [-0.3, -0.25) is 9.59 Å². The van der Waals surface area contributed by atoms with Crippen LogP contribution in [0.1, 0.15) is 10.4 Å². The van der Waals surface area contributed by atoms with Crippen LogP contribution in [0.5, 0.6) is 17.2 Å². The summed E-state index contributed by atoms with van der Waals surface area (Å²) >= 11 is 0. The number of likely N-dealkylation sites (N-methyl/N-ethyl adjacent to an activating group) is 1. The minimum atomic E-state index is -0.771. The highest BCUT2D eigenvalue weighted by Gasteiger charge is 2.20. The molecule has 0 bridgehead atoms. The van der Waals surface area contributed by atoms with Crippen molar-refractivity contribution in [1.29, 1.82) is 0 Å². The lowest BCUT2D eigenvalue weighted by atomic mass is 10.1. The van der Waals surface area contributed by atoms with Crippen LogP contribution in [0.15, 0.2) is 12.1 Å². The number of nitrogens with one attached hydrogen (secondary N) is 1. The third kappa shape index (κ3) is 5.55. The third-order valence-corrected chi connectivity index (χ3v) is 3.20. The molecule has 2 amide bonds. The zero-order valence-corrected chi connectivity index (χ0v) is 14.9. The summed E-state index contributed by atoms with van der Waals surface area (Å²) in [5, 5.41) is 2.36. The standard InChI is InChI=1S/C16H22N2O7/c1-18(2)15(20)8-17-14(19)9-25-16(21)10-6-12(23-4)13(24-5)7-11(10)22-3/h6-7H,8-9H2,1-5H3,(H,17,19). The second kappa shape index (κ2) is 9.36. The molecule has 0 aliphatic heterocycles. The van der Waals surface area contributed by atoms with Crippen molar-refractivity contribution in [3.8, 4) is 17.2 Å². The average molecular weight is 354 g/mol. The second-order valence-corrected chi connectivity index (χ2v) is 5.05. The number of esters is 1. The van der Waals surface area contributed by atoms with Gasteiger partial charge in [-0.1, -0.05) is 0 Å². The normalized spacial score (nSPS) is 9.80. The summed E-state index contributed by atoms with van der Waals surface area (Å²) in [4.78, 5) is 36.6. The van der Waals surface area contributed by atoms with Gasteiger partial charge in [-0.2, -0.15) is 0 Å². The number of rotatable bonds is 8. The molecule has 0 radical (unpaired) electrons. The molecule has 1 aromatic carbocycles. The minimum absolute atomic E-state index is 0.0808. The molecule has 0 saturated heterocycles. The quantitative estimate of drug-likeness (QED) is 0.659. The maximum Gasteiger partial charge on any atom is 0.342 e. The SMILES string of the molecule is COc1cc(OC)c(C(=O)OCC(=O)NCC(=O)N(C)C)cc1OC. The Morgan fingerprint density at radius 2 is 1.52 bits per heavy atom. The fraction of sp³-hybridized carbons (Fsp3) is 0.438. The van der Waals surface area contributed by atoms with E-state index in [0.29, 0.717) is 11.5 Å². The molecule has 0 aromatic heterocycles. The minimum Gasteiger partial charge on any atom is -0.496 e. The molecule has 0 heterocycles. The van der Waals surface area contributed by atoms with Crippen LogP contribution in [0.4, 0.5) is 0 Å². The fourth-order valence-corrected chi connectivity index (χ4v) is 1.78. The zero-order valence-electron chi connectivity index (χ0n) is 14.9. The van der Waals surface area contributed by atoms with Crippen molar-refractivity contribution in [2.75, 3.05) is 48.6 Å². The molecule has 1 rings (SSSR count). The van der Waals surface area contributed by atoms with Gasteiger partial charge in [0.1, 0.15) is 11.3 Å². The maximum atomic E-state index is 12.2. The van der Waals surface area contributed by atoms with Crippen LogP contribution in [0, 0.1) is 0 Å². The first-order chi connectivity index (χ1) is 11.8. The first-order valence-electron chi connectivity index (χ1n) is 7.28. The van der Waals surface area contributed by atoms with Crippen LogP contribution in [0.3, 0.4) is 0 Å². The molecular weight excluding hydrogens is 332 g/mol. The van der Waals surface area contributed by atoms with Crippen molar-refractivity contribution in [2.45, 2.75) is 0 Å². The van der Waals surface area contributed by atoms with Gasteiger partial charge in [-0.25, -0.2) is 4.79 Å². The van der Waals surface area contributed by atoms with Crippen molar-refractivity contribution in [3.63, 3.8) is 0 Å². The molecule has 0 fully saturated rings. The van der Waals surface area contributed by atoms with E-state index in [2.05, 4.69) is 5.32 Å². The summed E-state index contributed by atoms with van der Waals surface area (Å²) in [6.07, 6.45) is 0. The summed E-state index contributed by atoms with van der Waals surface area (Å²) in [5.41, 5.74) is 0.0808. The van der Waals surface area contributed by atoms with E-state index in [1.54, 1.807) is 14.1 Å². The highest BCUT2D eigenvalue weighted by Crippen LogP contribution is 2.34. The van der Waals surface area contributed by atoms with Gasteiger partial charge in [0, 0.05) is 26.2 Å². The van der Waals surface area contributed by atoms with Crippen molar-refractivity contribution in [1.82, 2.24) is 10.2 Å². The lowest BCUT2D eigenvalue weighted by Crippen LogP contribution is -2.38. The number of nitrogens with zero attached hydrogens (tertiary/aromatic N) is 1. The molecule has 1 aromatic rings. The van der Waals surface area contributed by atoms with Crippen molar-refractivity contribution in [3.05, 3.63) is 17.7 Å². The first kappa shape index (κ1) is 20.1. The Hall–Kier alpha value is -2.97. The Kier molecular flexibility index (Phi) is 7.51. The highest BCUT2D eigenvalue weighted by molar-refractivity contribution is 5.95. The summed E-state index contributed by atoms with van der Waals surface area (Å²) in [7, 11) is 7.40. The molecule has 138 valence electrons. The molecule has 9 heteroatoms. The van der Waals surface area contributed by atoms with Crippen molar-refractivity contribution < 1.29 is 33.3 Å². The molecule has 0 aliphatic rings. The van der Waals surface area contributed by atoms with Gasteiger partial charge in [0.05, 0.1) is 27.9 Å². The van der Waals surface area contributed by atoms with Crippen LogP contribution >= 0.6 is 0 Å². The van der Waals surface area contributed by atoms with E-state index in [0.717, 1.165) is 0 Å². The Morgan fingerprint density at radius 1 is 0.960 bits per heavy atom. The number of carbonyl (C=O) groups excluding carboxylic acids is 3. The number of ether oxygens (including phenoxy) is 4. The molecule has 0 spiro atoms. The summed E-state index contributed by atoms with van der Waals surface area (Å²) in [5.74, 6) is -0.728. The largest absolute Gasteiger partial charge is 0.496 e. The molecule has 0 atom stereocenters. The molecule has 1 N–H and O–H groups in total. The van der Waals surface area contributed by atoms with Gasteiger partial charge >= 0.3 is 5.97 Å². The number of benzene rings is 1. The number of hydrogen-bond acceptors (Lipinski definition) is 7. The number of methoxy groups -OCH3 is 3. The molecule has 9 nitrogen and oxygen atoms in total. The monoisotopic (exact) mass is 354 g/mol. The Bertz CT molecular complexity index is 644. The van der Waals surface area contributed by atoms with E-state index in [4.69, 9.17) is 18.9 Å². The van der Waals surface area contributed by atoms with Crippen LogP contribution in [-0.2, 0) is 14.3 Å². The van der Waals surface area contributed by atoms with Gasteiger partial charge in [-0.05, 0) is 0 Å². The second-order valence-electron chi connectivity index (χ2n) is 5.05. The smallest absolute Gasteiger partial charge is 0.342 e. The van der Waals surface area contributed by atoms with Crippen molar-refractivity contribution in [2.24, 2.45) is 0 Å². The molecule has 0 saturated carbocycles. The van der Waals surface area contributed by atoms with E-state index in [9.17, 15) is 14.4 Å². The van der Waals surface area contributed by atoms with E-state index < -0.39 is 18.5 Å². The average Bonchev–Trinajstić information content (AvgIpc) is 2.62. The first-order valence-corrected chi connectivity index (χ1v) is 7.28. The lowest BCUT2D eigenvalue weighted by Gasteiger charge is -2.14. The Balaban J connectivity index is 2.74. The lowest BCUT2D eigenvalue weighted by molar-refractivity contribution is -0.131. The molecule has 0 aliphatic carbocycles. The topological polar surface area (TPSA) is 103 Å². The van der Waals surface area contributed by atoms with Crippen LogP contribution < -0.4 is 19.5 Å². The van der Waals surface area contributed by atoms with Crippen molar-refractivity contribution >= 4 is 17.8 Å². The Morgan fingerprint density at radius 3 is 2.04 bits per heavy atom. The van der Waals surface area contributed by atoms with Gasteiger partial charge < -0.3 is 29.2 Å². The van der Waals surface area contributed by atoms with E-state index >= 15 is 0 Å². The van der Waals surface area contributed by atoms with Gasteiger partial charge in [0.25, 0.3) is 5.91 Å². The van der Waals surface area contributed by atoms with Gasteiger partial charge in [-0.15, -0.1) is 0 Å². The van der Waals surface area contributed by atoms with E-state index in [-0.39, 0.29) is 23.8 Å². The fourth-order valence-electron chi connectivity index (χ4n) is 1.78. The number of hydrogen-bond donors (Lipinski definition) is 1. The van der Waals surface area contributed by atoms with Gasteiger partial charge in [0.2, 0.25) is 5.91 Å².